The normalized spacial score (nSPS) is 17.9. The van der Waals surface area contributed by atoms with Gasteiger partial charge >= 0.3 is 0 Å². The summed E-state index contributed by atoms with van der Waals surface area (Å²) >= 11 is 2.05. The summed E-state index contributed by atoms with van der Waals surface area (Å²) in [6, 6.07) is 10.6. The molecule has 3 heteroatoms. The summed E-state index contributed by atoms with van der Waals surface area (Å²) in [7, 11) is 0. The summed E-state index contributed by atoms with van der Waals surface area (Å²) in [6.45, 7) is 0. The van der Waals surface area contributed by atoms with Crippen molar-refractivity contribution in [2.45, 2.75) is 37.0 Å². The van der Waals surface area contributed by atoms with E-state index in [1.54, 1.807) is 0 Å². The first-order valence-corrected chi connectivity index (χ1v) is 8.10. The molecule has 1 saturated carbocycles. The van der Waals surface area contributed by atoms with Crippen molar-refractivity contribution in [2.75, 3.05) is 5.75 Å². The van der Waals surface area contributed by atoms with Gasteiger partial charge in [-0.25, -0.2) is 0 Å². The first kappa shape index (κ1) is 12.9. The minimum Gasteiger partial charge on any atom is -0.323 e. The molecule has 1 aromatic heterocycles. The van der Waals surface area contributed by atoms with Crippen LogP contribution in [0, 0.1) is 0 Å². The fraction of sp³-hybridized carbons (Fsp3) is 0.438. The van der Waals surface area contributed by atoms with Crippen LogP contribution in [-0.2, 0) is 0 Å². The van der Waals surface area contributed by atoms with Gasteiger partial charge in [-0.3, -0.25) is 4.98 Å². The van der Waals surface area contributed by atoms with Crippen LogP contribution in [0.2, 0.25) is 0 Å². The van der Waals surface area contributed by atoms with Gasteiger partial charge < -0.3 is 5.73 Å². The number of rotatable bonds is 4. The third-order valence-electron chi connectivity index (χ3n) is 3.87. The number of benzene rings is 1. The zero-order valence-corrected chi connectivity index (χ0v) is 11.9. The molecule has 1 aromatic carbocycles. The van der Waals surface area contributed by atoms with Gasteiger partial charge in [-0.15, -0.1) is 0 Å². The van der Waals surface area contributed by atoms with Crippen molar-refractivity contribution < 1.29 is 0 Å². The average Bonchev–Trinajstić information content (AvgIpc) is 2.97. The monoisotopic (exact) mass is 272 g/mol. The van der Waals surface area contributed by atoms with Gasteiger partial charge in [0.1, 0.15) is 0 Å². The van der Waals surface area contributed by atoms with E-state index in [1.165, 1.54) is 36.6 Å². The minimum atomic E-state index is 0.122. The summed E-state index contributed by atoms with van der Waals surface area (Å²) in [5.41, 5.74) is 8.56. The number of fused-ring (bicyclic) bond motifs is 1. The Bertz CT molecular complexity index is 549. The third kappa shape index (κ3) is 3.10. The number of nitrogens with two attached hydrogens (primary N) is 1. The number of nitrogens with zero attached hydrogens (tertiary/aromatic N) is 1. The Morgan fingerprint density at radius 1 is 1.26 bits per heavy atom. The van der Waals surface area contributed by atoms with Crippen molar-refractivity contribution in [3.8, 4) is 0 Å². The zero-order chi connectivity index (χ0) is 13.1. The van der Waals surface area contributed by atoms with Gasteiger partial charge in [-0.05, 0) is 30.5 Å². The number of pyridine rings is 1. The predicted molar refractivity (Wildman–Crippen MR) is 83.4 cm³/mol. The van der Waals surface area contributed by atoms with E-state index >= 15 is 0 Å². The standard InChI is InChI=1S/C16H20N2S/c17-15(11-19-14-5-1-2-6-14)13-8-7-12-4-3-9-18-16(12)10-13/h3-4,7-10,14-15H,1-2,5-6,11,17H2. The Balaban J connectivity index is 1.68. The minimum absolute atomic E-state index is 0.122. The number of thioether (sulfide) groups is 1. The fourth-order valence-corrected chi connectivity index (χ4v) is 4.04. The molecule has 2 nitrogen and oxygen atoms in total. The van der Waals surface area contributed by atoms with Crippen molar-refractivity contribution in [2.24, 2.45) is 5.73 Å². The van der Waals surface area contributed by atoms with Crippen LogP contribution in [0.4, 0.5) is 0 Å². The van der Waals surface area contributed by atoms with Crippen molar-refractivity contribution in [3.63, 3.8) is 0 Å². The van der Waals surface area contributed by atoms with Crippen LogP contribution in [0.5, 0.6) is 0 Å². The lowest BCUT2D eigenvalue weighted by Crippen LogP contribution is -2.14. The molecule has 0 radical (unpaired) electrons. The van der Waals surface area contributed by atoms with Gasteiger partial charge in [0, 0.05) is 28.6 Å². The van der Waals surface area contributed by atoms with E-state index in [2.05, 4.69) is 29.2 Å². The largest absolute Gasteiger partial charge is 0.323 e. The maximum atomic E-state index is 6.32. The van der Waals surface area contributed by atoms with Gasteiger partial charge in [-0.2, -0.15) is 11.8 Å². The van der Waals surface area contributed by atoms with Gasteiger partial charge in [0.15, 0.2) is 0 Å². The smallest absolute Gasteiger partial charge is 0.0705 e. The lowest BCUT2D eigenvalue weighted by Gasteiger charge is -2.15. The Labute approximate surface area is 118 Å². The van der Waals surface area contributed by atoms with E-state index in [4.69, 9.17) is 5.73 Å². The van der Waals surface area contributed by atoms with E-state index < -0.39 is 0 Å². The van der Waals surface area contributed by atoms with Crippen LogP contribution in [0.15, 0.2) is 36.5 Å². The molecule has 2 aromatic rings. The lowest BCUT2D eigenvalue weighted by atomic mass is 10.1. The van der Waals surface area contributed by atoms with E-state index in [1.807, 2.05) is 24.0 Å². The van der Waals surface area contributed by atoms with Gasteiger partial charge in [0.05, 0.1) is 5.52 Å². The Morgan fingerprint density at radius 2 is 2.11 bits per heavy atom. The molecular weight excluding hydrogens is 252 g/mol. The predicted octanol–water partition coefficient (Wildman–Crippen LogP) is 3.91. The second kappa shape index (κ2) is 5.93. The zero-order valence-electron chi connectivity index (χ0n) is 11.1. The van der Waals surface area contributed by atoms with Crippen LogP contribution in [0.1, 0.15) is 37.3 Å². The fourth-order valence-electron chi connectivity index (χ4n) is 2.71. The Hall–Kier alpha value is -1.06. The van der Waals surface area contributed by atoms with E-state index in [0.29, 0.717) is 0 Å². The maximum absolute atomic E-state index is 6.32. The summed E-state index contributed by atoms with van der Waals surface area (Å²) < 4.78 is 0. The SMILES string of the molecule is NC(CSC1CCCC1)c1ccc2cccnc2c1. The van der Waals surface area contributed by atoms with Crippen molar-refractivity contribution in [1.29, 1.82) is 0 Å². The molecule has 1 aliphatic carbocycles. The first-order chi connectivity index (χ1) is 9.33. The highest BCUT2D eigenvalue weighted by molar-refractivity contribution is 7.99. The maximum Gasteiger partial charge on any atom is 0.0705 e. The molecule has 0 bridgehead atoms. The molecular formula is C16H20N2S. The van der Waals surface area contributed by atoms with E-state index in [-0.39, 0.29) is 6.04 Å². The van der Waals surface area contributed by atoms with E-state index in [9.17, 15) is 0 Å². The van der Waals surface area contributed by atoms with Gasteiger partial charge in [0.2, 0.25) is 0 Å². The topological polar surface area (TPSA) is 38.9 Å². The summed E-state index contributed by atoms with van der Waals surface area (Å²) in [5, 5.41) is 2.02. The molecule has 0 aliphatic heterocycles. The second-order valence-corrected chi connectivity index (χ2v) is 6.64. The molecule has 100 valence electrons. The molecule has 0 amide bonds. The van der Waals surface area contributed by atoms with Gasteiger partial charge in [-0.1, -0.05) is 31.0 Å². The lowest BCUT2D eigenvalue weighted by molar-refractivity contribution is 0.821. The van der Waals surface area contributed by atoms with Crippen molar-refractivity contribution in [1.82, 2.24) is 4.98 Å². The van der Waals surface area contributed by atoms with E-state index in [0.717, 1.165) is 16.5 Å². The first-order valence-electron chi connectivity index (χ1n) is 7.05. The summed E-state index contributed by atoms with van der Waals surface area (Å²) in [5.74, 6) is 1.02. The Kier molecular flexibility index (Phi) is 4.04. The molecule has 0 saturated heterocycles. The highest BCUT2D eigenvalue weighted by atomic mass is 32.2. The molecule has 1 aliphatic rings. The number of hydrogen-bond donors (Lipinski definition) is 1. The average molecular weight is 272 g/mol. The number of aromatic nitrogens is 1. The second-order valence-electron chi connectivity index (χ2n) is 5.30. The highest BCUT2D eigenvalue weighted by Crippen LogP contribution is 2.31. The van der Waals surface area contributed by atoms with Crippen LogP contribution in [0.25, 0.3) is 10.9 Å². The number of hydrogen-bond acceptors (Lipinski definition) is 3. The molecule has 1 fully saturated rings. The summed E-state index contributed by atoms with van der Waals surface area (Å²) in [4.78, 5) is 4.40. The van der Waals surface area contributed by atoms with Crippen LogP contribution < -0.4 is 5.73 Å². The molecule has 1 heterocycles. The third-order valence-corrected chi connectivity index (χ3v) is 5.37. The molecule has 3 rings (SSSR count). The van der Waals surface area contributed by atoms with Crippen LogP contribution in [0.3, 0.4) is 0 Å². The summed E-state index contributed by atoms with van der Waals surface area (Å²) in [6.07, 6.45) is 7.37. The quantitative estimate of drug-likeness (QED) is 0.917. The van der Waals surface area contributed by atoms with Crippen molar-refractivity contribution in [3.05, 3.63) is 42.1 Å². The molecule has 0 spiro atoms. The van der Waals surface area contributed by atoms with Gasteiger partial charge in [0.25, 0.3) is 0 Å². The molecule has 19 heavy (non-hydrogen) atoms. The molecule has 1 atom stereocenters. The highest BCUT2D eigenvalue weighted by Gasteiger charge is 2.17. The van der Waals surface area contributed by atoms with Crippen LogP contribution >= 0.6 is 11.8 Å². The molecule has 1 unspecified atom stereocenters. The van der Waals surface area contributed by atoms with Crippen molar-refractivity contribution >= 4 is 22.7 Å². The van der Waals surface area contributed by atoms with Crippen LogP contribution in [-0.4, -0.2) is 16.0 Å². The molecule has 2 N–H and O–H groups in total. The Morgan fingerprint density at radius 3 is 2.95 bits per heavy atom.